The molecular formula is C34H45NO6. The lowest BCUT2D eigenvalue weighted by molar-refractivity contribution is -0.134. The van der Waals surface area contributed by atoms with E-state index in [0.717, 1.165) is 31.4 Å². The number of aromatic hydroxyl groups is 1. The average Bonchev–Trinajstić information content (AvgIpc) is 2.96. The molecule has 0 atom stereocenters. The van der Waals surface area contributed by atoms with Gasteiger partial charge in [0.1, 0.15) is 28.4 Å². The number of aliphatic imine (C=N–C) groups is 1. The van der Waals surface area contributed by atoms with Crippen LogP contribution in [0.2, 0.25) is 0 Å². The number of rotatable bonds is 19. The Kier molecular flexibility index (Phi) is 14.0. The van der Waals surface area contributed by atoms with E-state index >= 15 is 0 Å². The minimum absolute atomic E-state index is 0.0513. The SMILES string of the molecule is CCCCCCCCCC(=O)Oc1ccc2c(O)c(C=Nc3ccc(OCCCCCCCC)cc3)c(=O)oc2c1. The molecule has 0 unspecified atom stereocenters. The summed E-state index contributed by atoms with van der Waals surface area (Å²) < 4.78 is 16.6. The minimum Gasteiger partial charge on any atom is -0.506 e. The largest absolute Gasteiger partial charge is 0.506 e. The highest BCUT2D eigenvalue weighted by molar-refractivity contribution is 5.94. The van der Waals surface area contributed by atoms with E-state index in [1.54, 1.807) is 24.3 Å². The fourth-order valence-corrected chi connectivity index (χ4v) is 4.61. The summed E-state index contributed by atoms with van der Waals surface area (Å²) in [6.45, 7) is 5.09. The third-order valence-corrected chi connectivity index (χ3v) is 7.05. The van der Waals surface area contributed by atoms with Gasteiger partial charge in [-0.25, -0.2) is 4.79 Å². The number of benzene rings is 2. The summed E-state index contributed by atoms with van der Waals surface area (Å²) in [7, 11) is 0. The zero-order valence-electron chi connectivity index (χ0n) is 24.7. The van der Waals surface area contributed by atoms with Crippen LogP contribution in [0.4, 0.5) is 5.69 Å². The van der Waals surface area contributed by atoms with Gasteiger partial charge >= 0.3 is 11.6 Å². The van der Waals surface area contributed by atoms with Gasteiger partial charge in [0, 0.05) is 18.7 Å². The van der Waals surface area contributed by atoms with Crippen molar-refractivity contribution in [2.75, 3.05) is 6.61 Å². The summed E-state index contributed by atoms with van der Waals surface area (Å²) in [6.07, 6.45) is 16.7. The predicted octanol–water partition coefficient (Wildman–Crippen LogP) is 9.03. The number of unbranched alkanes of at least 4 members (excludes halogenated alkanes) is 11. The molecule has 0 bridgehead atoms. The van der Waals surface area contributed by atoms with E-state index in [0.29, 0.717) is 24.1 Å². The first-order chi connectivity index (χ1) is 20.0. The van der Waals surface area contributed by atoms with Crippen LogP contribution in [0.5, 0.6) is 17.2 Å². The van der Waals surface area contributed by atoms with E-state index in [4.69, 9.17) is 13.9 Å². The average molecular weight is 564 g/mol. The normalized spacial score (nSPS) is 11.4. The summed E-state index contributed by atoms with van der Waals surface area (Å²) in [5, 5.41) is 11.1. The molecule has 0 aliphatic heterocycles. The highest BCUT2D eigenvalue weighted by Crippen LogP contribution is 2.29. The van der Waals surface area contributed by atoms with Gasteiger partial charge in [-0.2, -0.15) is 0 Å². The molecule has 3 rings (SSSR count). The lowest BCUT2D eigenvalue weighted by Gasteiger charge is -2.07. The van der Waals surface area contributed by atoms with Gasteiger partial charge in [0.2, 0.25) is 0 Å². The van der Waals surface area contributed by atoms with Crippen molar-refractivity contribution in [1.29, 1.82) is 0 Å². The fraction of sp³-hybridized carbons (Fsp3) is 0.500. The van der Waals surface area contributed by atoms with Crippen molar-refractivity contribution in [3.05, 3.63) is 58.4 Å². The Bertz CT molecular complexity index is 1300. The lowest BCUT2D eigenvalue weighted by atomic mass is 10.1. The third kappa shape index (κ3) is 11.1. The number of fused-ring (bicyclic) bond motifs is 1. The van der Waals surface area contributed by atoms with Gasteiger partial charge in [0.25, 0.3) is 0 Å². The molecule has 222 valence electrons. The first kappa shape index (κ1) is 31.9. The van der Waals surface area contributed by atoms with Gasteiger partial charge in [-0.3, -0.25) is 9.79 Å². The van der Waals surface area contributed by atoms with Gasteiger partial charge in [-0.05, 0) is 49.2 Å². The molecule has 1 N–H and O–H groups in total. The van der Waals surface area contributed by atoms with Gasteiger partial charge < -0.3 is 19.0 Å². The van der Waals surface area contributed by atoms with Crippen LogP contribution in [-0.4, -0.2) is 23.9 Å². The summed E-state index contributed by atoms with van der Waals surface area (Å²) in [5.41, 5.74) is -0.0365. The maximum Gasteiger partial charge on any atom is 0.348 e. The molecular weight excluding hydrogens is 518 g/mol. The zero-order valence-corrected chi connectivity index (χ0v) is 24.7. The maximum atomic E-state index is 12.6. The van der Waals surface area contributed by atoms with Crippen molar-refractivity contribution >= 4 is 28.8 Å². The van der Waals surface area contributed by atoms with E-state index in [1.807, 2.05) is 12.1 Å². The fourth-order valence-electron chi connectivity index (χ4n) is 4.61. The van der Waals surface area contributed by atoms with Crippen molar-refractivity contribution in [3.63, 3.8) is 0 Å². The lowest BCUT2D eigenvalue weighted by Crippen LogP contribution is -2.09. The summed E-state index contributed by atoms with van der Waals surface area (Å²) in [6, 6.07) is 11.8. The summed E-state index contributed by atoms with van der Waals surface area (Å²) >= 11 is 0. The summed E-state index contributed by atoms with van der Waals surface area (Å²) in [5.74, 6) is 0.476. The molecule has 7 heteroatoms. The number of hydrogen-bond acceptors (Lipinski definition) is 7. The number of carbonyl (C=O) groups is 1. The summed E-state index contributed by atoms with van der Waals surface area (Å²) in [4.78, 5) is 29.2. The molecule has 0 aliphatic rings. The maximum absolute atomic E-state index is 12.6. The van der Waals surface area contributed by atoms with Gasteiger partial charge in [0.15, 0.2) is 0 Å². The molecule has 0 fully saturated rings. The number of esters is 1. The van der Waals surface area contributed by atoms with Gasteiger partial charge in [0.05, 0.1) is 17.7 Å². The highest BCUT2D eigenvalue weighted by Gasteiger charge is 2.14. The molecule has 1 heterocycles. The molecule has 7 nitrogen and oxygen atoms in total. The Hall–Kier alpha value is -3.61. The number of hydrogen-bond donors (Lipinski definition) is 1. The third-order valence-electron chi connectivity index (χ3n) is 7.05. The van der Waals surface area contributed by atoms with Crippen LogP contribution in [0.3, 0.4) is 0 Å². The second-order valence-corrected chi connectivity index (χ2v) is 10.5. The Balaban J connectivity index is 1.53. The predicted molar refractivity (Wildman–Crippen MR) is 165 cm³/mol. The topological polar surface area (TPSA) is 98.3 Å². The van der Waals surface area contributed by atoms with E-state index in [2.05, 4.69) is 18.8 Å². The molecule has 1 aromatic heterocycles. The van der Waals surface area contributed by atoms with E-state index in [-0.39, 0.29) is 28.6 Å². The monoisotopic (exact) mass is 563 g/mol. The quantitative estimate of drug-likeness (QED) is 0.0514. The Morgan fingerprint density at radius 3 is 2.12 bits per heavy atom. The minimum atomic E-state index is -0.732. The molecule has 3 aromatic rings. The number of ether oxygens (including phenoxy) is 2. The van der Waals surface area contributed by atoms with Crippen LogP contribution in [-0.2, 0) is 4.79 Å². The molecule has 0 spiro atoms. The Morgan fingerprint density at radius 1 is 0.829 bits per heavy atom. The molecule has 0 amide bonds. The molecule has 0 saturated carbocycles. The van der Waals surface area contributed by atoms with Gasteiger partial charge in [-0.15, -0.1) is 0 Å². The molecule has 41 heavy (non-hydrogen) atoms. The molecule has 0 aliphatic carbocycles. The van der Waals surface area contributed by atoms with E-state index < -0.39 is 5.63 Å². The van der Waals surface area contributed by atoms with Crippen LogP contribution in [0.25, 0.3) is 11.0 Å². The second-order valence-electron chi connectivity index (χ2n) is 10.5. The molecule has 0 radical (unpaired) electrons. The molecule has 0 saturated heterocycles. The number of nitrogens with zero attached hydrogens (tertiary/aromatic N) is 1. The van der Waals surface area contributed by atoms with Gasteiger partial charge in [-0.1, -0.05) is 84.5 Å². The van der Waals surface area contributed by atoms with Crippen LogP contribution in [0, 0.1) is 0 Å². The highest BCUT2D eigenvalue weighted by atomic mass is 16.5. The first-order valence-electron chi connectivity index (χ1n) is 15.3. The zero-order chi connectivity index (χ0) is 29.3. The van der Waals surface area contributed by atoms with Crippen molar-refractivity contribution in [3.8, 4) is 17.2 Å². The smallest absolute Gasteiger partial charge is 0.348 e. The van der Waals surface area contributed by atoms with Crippen LogP contribution >= 0.6 is 0 Å². The Morgan fingerprint density at radius 2 is 1.44 bits per heavy atom. The Labute approximate surface area is 243 Å². The second kappa shape index (κ2) is 17.9. The van der Waals surface area contributed by atoms with Crippen LogP contribution < -0.4 is 15.1 Å². The van der Waals surface area contributed by atoms with Crippen molar-refractivity contribution in [2.45, 2.75) is 104 Å². The number of carbonyl (C=O) groups excluding carboxylic acids is 1. The van der Waals surface area contributed by atoms with Crippen molar-refractivity contribution in [1.82, 2.24) is 0 Å². The van der Waals surface area contributed by atoms with E-state index in [1.165, 1.54) is 70.1 Å². The first-order valence-corrected chi connectivity index (χ1v) is 15.3. The standard InChI is InChI=1S/C34H45NO6/c1-3-5-7-9-11-12-14-16-32(36)40-28-21-22-29-31(24-28)41-34(38)30(33(29)37)25-35-26-17-19-27(20-18-26)39-23-15-13-10-8-6-4-2/h17-22,24-25,37H,3-16,23H2,1-2H3. The van der Waals surface area contributed by atoms with Crippen LogP contribution in [0.1, 0.15) is 109 Å². The van der Waals surface area contributed by atoms with Crippen molar-refractivity contribution in [2.24, 2.45) is 4.99 Å². The van der Waals surface area contributed by atoms with Crippen molar-refractivity contribution < 1.29 is 23.8 Å². The van der Waals surface area contributed by atoms with Crippen LogP contribution in [0.15, 0.2) is 56.7 Å². The molecule has 2 aromatic carbocycles. The van der Waals surface area contributed by atoms with E-state index in [9.17, 15) is 14.7 Å².